The molecule has 64 heavy (non-hydrogen) atoms. The average molecular weight is 906 g/mol. The van der Waals surface area contributed by atoms with Gasteiger partial charge in [-0.2, -0.15) is 13.9 Å². The number of hydrogen-bond donors (Lipinski definition) is 7. The number of halogens is 2. The number of imide groups is 1. The lowest BCUT2D eigenvalue weighted by Crippen LogP contribution is -2.52. The fraction of sp³-hybridized carbons (Fsp3) is 0.372. The maximum absolute atomic E-state index is 13.1. The van der Waals surface area contributed by atoms with Gasteiger partial charge < -0.3 is 31.3 Å². The number of carbonyl (C=O) groups excluding carboxylic acids is 6. The summed E-state index contributed by atoms with van der Waals surface area (Å²) in [5.74, 6) is -5.53. The monoisotopic (exact) mass is 905 g/mol. The van der Waals surface area contributed by atoms with Gasteiger partial charge in [-0.25, -0.2) is 8.42 Å². The molecule has 8 N–H and O–H groups in total. The first-order valence-corrected chi connectivity index (χ1v) is 22.4. The number of benzene rings is 3. The van der Waals surface area contributed by atoms with Crippen LogP contribution in [0, 0.1) is 0 Å². The van der Waals surface area contributed by atoms with E-state index >= 15 is 0 Å². The van der Waals surface area contributed by atoms with Gasteiger partial charge in [0.1, 0.15) is 17.4 Å². The predicted octanol–water partition coefficient (Wildman–Crippen LogP) is 5.29. The molecule has 1 fully saturated rings. The number of hydrogen-bond acceptors (Lipinski definition) is 11. The van der Waals surface area contributed by atoms with Crippen molar-refractivity contribution >= 4 is 68.3 Å². The Labute approximate surface area is 367 Å². The quantitative estimate of drug-likeness (QED) is 0.0372. The Morgan fingerprint density at radius 1 is 0.891 bits per heavy atom. The Morgan fingerprint density at radius 3 is 2.30 bits per heavy atom. The van der Waals surface area contributed by atoms with E-state index < -0.39 is 33.6 Å². The van der Waals surface area contributed by atoms with Gasteiger partial charge in [-0.15, -0.1) is 0 Å². The molecule has 18 nitrogen and oxygen atoms in total. The van der Waals surface area contributed by atoms with Gasteiger partial charge in [0.2, 0.25) is 17.7 Å². The minimum Gasteiger partial charge on any atom is -0.484 e. The molecule has 1 atom stereocenters. The summed E-state index contributed by atoms with van der Waals surface area (Å²) in [5, 5.41) is 17.9. The summed E-state index contributed by atoms with van der Waals surface area (Å²) < 4.78 is 55.9. The van der Waals surface area contributed by atoms with Gasteiger partial charge in [0.15, 0.2) is 12.4 Å². The van der Waals surface area contributed by atoms with E-state index in [9.17, 15) is 46.0 Å². The van der Waals surface area contributed by atoms with E-state index in [1.165, 1.54) is 29.2 Å². The molecular weight excluding hydrogens is 857 g/mol. The third kappa shape index (κ3) is 12.2. The zero-order chi connectivity index (χ0) is 45.8. The Bertz CT molecular complexity index is 2480. The number of aromatic amines is 1. The van der Waals surface area contributed by atoms with Gasteiger partial charge in [0.25, 0.3) is 27.7 Å². The molecule has 3 aromatic carbocycles. The van der Waals surface area contributed by atoms with E-state index in [1.54, 1.807) is 47.2 Å². The van der Waals surface area contributed by atoms with Gasteiger partial charge in [-0.3, -0.25) is 43.9 Å². The number of amides is 6. The van der Waals surface area contributed by atoms with Crippen LogP contribution in [0.5, 0.6) is 5.75 Å². The molecule has 21 heteroatoms. The number of rotatable bonds is 23. The maximum atomic E-state index is 13.1. The van der Waals surface area contributed by atoms with E-state index in [0.717, 1.165) is 51.4 Å². The van der Waals surface area contributed by atoms with Gasteiger partial charge in [-0.05, 0) is 55.7 Å². The number of aromatic nitrogens is 2. The molecule has 0 aliphatic carbocycles. The lowest BCUT2D eigenvalue weighted by molar-refractivity contribution is -0.137. The highest BCUT2D eigenvalue weighted by Crippen LogP contribution is 2.33. The number of nitrogens with two attached hydrogens (primary N) is 1. The molecule has 0 saturated carbocycles. The molecule has 1 saturated heterocycles. The van der Waals surface area contributed by atoms with Crippen LogP contribution in [0.4, 0.5) is 31.7 Å². The lowest BCUT2D eigenvalue weighted by Gasteiger charge is -2.29. The van der Waals surface area contributed by atoms with Crippen molar-refractivity contribution in [3.63, 3.8) is 0 Å². The van der Waals surface area contributed by atoms with Crippen molar-refractivity contribution in [3.8, 4) is 17.0 Å². The fourth-order valence-electron chi connectivity index (χ4n) is 7.41. The van der Waals surface area contributed by atoms with Crippen LogP contribution in [0.2, 0.25) is 0 Å². The summed E-state index contributed by atoms with van der Waals surface area (Å²) in [7, 11) is -4.86. The molecule has 1 aromatic heterocycles. The van der Waals surface area contributed by atoms with Crippen LogP contribution in [-0.2, 0) is 35.7 Å². The number of piperidine rings is 1. The van der Waals surface area contributed by atoms with Crippen LogP contribution in [0.3, 0.4) is 0 Å². The number of sulfonamides is 1. The molecule has 4 aromatic rings. The van der Waals surface area contributed by atoms with Crippen molar-refractivity contribution in [2.24, 2.45) is 5.73 Å². The van der Waals surface area contributed by atoms with Crippen molar-refractivity contribution in [1.82, 2.24) is 25.7 Å². The van der Waals surface area contributed by atoms with Crippen LogP contribution in [0.25, 0.3) is 11.3 Å². The van der Waals surface area contributed by atoms with Crippen molar-refractivity contribution in [1.29, 1.82) is 0 Å². The number of primary amides is 1. The van der Waals surface area contributed by atoms with Crippen molar-refractivity contribution in [3.05, 3.63) is 83.4 Å². The Hall–Kier alpha value is -6.90. The second-order valence-electron chi connectivity index (χ2n) is 15.3. The van der Waals surface area contributed by atoms with Crippen LogP contribution >= 0.6 is 0 Å². The number of alkyl halides is 2. The number of ether oxygens (including phenoxy) is 1. The highest BCUT2D eigenvalue weighted by atomic mass is 32.2. The summed E-state index contributed by atoms with van der Waals surface area (Å²) >= 11 is 0. The smallest absolute Gasteiger partial charge is 0.355 e. The molecule has 0 radical (unpaired) electrons. The van der Waals surface area contributed by atoms with Crippen molar-refractivity contribution in [2.45, 2.75) is 89.0 Å². The van der Waals surface area contributed by atoms with Crippen LogP contribution in [0.1, 0.15) is 96.9 Å². The van der Waals surface area contributed by atoms with Crippen LogP contribution < -0.4 is 36.5 Å². The minimum atomic E-state index is -4.86. The van der Waals surface area contributed by atoms with E-state index in [-0.39, 0.29) is 72.4 Å². The number of H-pyrrole nitrogens is 1. The molecule has 2 aliphatic heterocycles. The van der Waals surface area contributed by atoms with E-state index in [4.69, 9.17) is 10.5 Å². The summed E-state index contributed by atoms with van der Waals surface area (Å²) in [6.07, 6.45) is 8.21. The fourth-order valence-corrected chi connectivity index (χ4v) is 7.96. The largest absolute Gasteiger partial charge is 0.484 e. The molecule has 3 heterocycles. The predicted molar refractivity (Wildman–Crippen MR) is 232 cm³/mol. The Kier molecular flexibility index (Phi) is 15.6. The van der Waals surface area contributed by atoms with Crippen molar-refractivity contribution in [2.75, 3.05) is 28.5 Å². The molecule has 0 bridgehead atoms. The molecule has 0 spiro atoms. The summed E-state index contributed by atoms with van der Waals surface area (Å²) in [5.41, 5.74) is 8.26. The topological polar surface area (TPSA) is 264 Å². The SMILES string of the molecule is NC(=O)c1c(Nc2cccc(OCC(=O)NCCCCCCCCCCC(=O)Nc3cccc4c3CN(C3CCC(=O)NC3=O)C4=O)c2)n[nH]c1-c1ccc(NS(=O)(=O)C(F)F)cc1. The number of nitrogens with zero attached hydrogens (tertiary/aromatic N) is 2. The number of anilines is 4. The van der Waals surface area contributed by atoms with E-state index in [1.807, 2.05) is 0 Å². The van der Waals surface area contributed by atoms with Crippen LogP contribution in [-0.4, -0.2) is 83.9 Å². The van der Waals surface area contributed by atoms with Crippen molar-refractivity contribution < 1.29 is 50.7 Å². The second-order valence-corrected chi connectivity index (χ2v) is 17.0. The van der Waals surface area contributed by atoms with Gasteiger partial charge in [0.05, 0.1) is 5.69 Å². The third-order valence-electron chi connectivity index (χ3n) is 10.7. The standard InChI is InChI=1S/C43H49F2N9O9S/c44-43(45)64(61,62)53-27-18-16-26(17-19-27)38-37(39(46)58)40(52-51-38)48-28-11-9-12-29(23-28)63-25-36(57)47-22-8-6-4-2-1-3-5-7-15-34(55)49-32-14-10-13-30-31(32)24-54(42(30)60)33-20-21-35(56)50-41(33)59/h9-14,16-19,23,33,43,53H,1-8,15,20-22,24-25H2,(H2,46,58)(H,47,57)(H,49,55)(H2,48,51,52)(H,50,56,59). The third-order valence-corrected chi connectivity index (χ3v) is 11.6. The summed E-state index contributed by atoms with van der Waals surface area (Å²) in [4.78, 5) is 76.1. The minimum absolute atomic E-state index is 0.0118. The first kappa shape index (κ1) is 46.6. The molecule has 2 aliphatic rings. The normalized spacial score (nSPS) is 14.8. The summed E-state index contributed by atoms with van der Waals surface area (Å²) in [6, 6.07) is 16.3. The maximum Gasteiger partial charge on any atom is 0.355 e. The lowest BCUT2D eigenvalue weighted by atomic mass is 10.0. The average Bonchev–Trinajstić information content (AvgIpc) is 3.83. The van der Waals surface area contributed by atoms with E-state index in [2.05, 4.69) is 31.5 Å². The summed E-state index contributed by atoms with van der Waals surface area (Å²) in [6.45, 7) is 0.463. The number of unbranched alkanes of at least 4 members (excludes halogenated alkanes) is 7. The molecule has 340 valence electrons. The highest BCUT2D eigenvalue weighted by Gasteiger charge is 2.40. The number of nitrogens with one attached hydrogen (secondary N) is 6. The van der Waals surface area contributed by atoms with E-state index in [0.29, 0.717) is 46.8 Å². The molecule has 6 amide bonds. The van der Waals surface area contributed by atoms with Gasteiger partial charge in [0, 0.05) is 65.8 Å². The molecular formula is C43H49F2N9O9S. The van der Waals surface area contributed by atoms with Crippen LogP contribution in [0.15, 0.2) is 66.7 Å². The zero-order valence-corrected chi connectivity index (χ0v) is 35.5. The number of fused-ring (bicyclic) bond motifs is 1. The Morgan fingerprint density at radius 2 is 1.59 bits per heavy atom. The zero-order valence-electron chi connectivity index (χ0n) is 34.7. The first-order chi connectivity index (χ1) is 30.7. The molecule has 1 unspecified atom stereocenters. The Balaban J connectivity index is 0.826. The number of carbonyl (C=O) groups is 6. The van der Waals surface area contributed by atoms with Gasteiger partial charge in [-0.1, -0.05) is 62.8 Å². The van der Waals surface area contributed by atoms with Gasteiger partial charge >= 0.3 is 5.76 Å². The molecule has 6 rings (SSSR count). The second kappa shape index (κ2) is 21.5. The highest BCUT2D eigenvalue weighted by molar-refractivity contribution is 7.93. The first-order valence-electron chi connectivity index (χ1n) is 20.8.